The molecule has 13 heteroatoms. The summed E-state index contributed by atoms with van der Waals surface area (Å²) in [4.78, 5) is 39.2. The zero-order valence-electron chi connectivity index (χ0n) is 14.6. The number of aromatic amines is 1. The van der Waals surface area contributed by atoms with E-state index in [0.717, 1.165) is 0 Å². The van der Waals surface area contributed by atoms with E-state index in [1.165, 1.54) is 12.5 Å². The minimum atomic E-state index is -1.42. The van der Waals surface area contributed by atoms with Gasteiger partial charge in [0.1, 0.15) is 12.1 Å². The number of nitrogens with zero attached hydrogens (tertiary/aromatic N) is 1. The van der Waals surface area contributed by atoms with Gasteiger partial charge < -0.3 is 46.3 Å². The molecule has 0 aliphatic carbocycles. The van der Waals surface area contributed by atoms with Crippen LogP contribution in [0.25, 0.3) is 0 Å². The lowest BCUT2D eigenvalue weighted by atomic mass is 10.1. The summed E-state index contributed by atoms with van der Waals surface area (Å²) in [6.07, 6.45) is 0.487. The zero-order chi connectivity index (χ0) is 21.3. The number of esters is 1. The quantitative estimate of drug-likeness (QED) is 0.211. The highest BCUT2D eigenvalue weighted by atomic mass is 16.6. The molecule has 0 radical (unpaired) electrons. The first-order valence-electron chi connectivity index (χ1n) is 8.02. The Morgan fingerprint density at radius 2 is 2.07 bits per heavy atom. The average Bonchev–Trinajstić information content (AvgIpc) is 3.25. The predicted molar refractivity (Wildman–Crippen MR) is 90.8 cm³/mol. The summed E-state index contributed by atoms with van der Waals surface area (Å²) in [6.45, 7) is -0.475. The number of aromatic nitrogens is 2. The SMILES string of the molecule is NCCC(=O)NC(Cc1cnc[nH]1)C(=O)O.O=C1OC(C(O)CO)C(O)=C1O. The van der Waals surface area contributed by atoms with E-state index in [2.05, 4.69) is 20.0 Å². The number of carbonyl (C=O) groups is 3. The third-order valence-corrected chi connectivity index (χ3v) is 3.46. The van der Waals surface area contributed by atoms with Crippen molar-refractivity contribution >= 4 is 17.8 Å². The number of hydrogen-bond donors (Lipinski definition) is 8. The van der Waals surface area contributed by atoms with Crippen molar-refractivity contribution in [2.45, 2.75) is 31.1 Å². The molecule has 1 aliphatic rings. The van der Waals surface area contributed by atoms with E-state index in [-0.39, 0.29) is 25.3 Å². The number of aliphatic hydroxyl groups is 4. The van der Waals surface area contributed by atoms with Crippen LogP contribution >= 0.6 is 0 Å². The maximum absolute atomic E-state index is 11.2. The Morgan fingerprint density at radius 3 is 2.50 bits per heavy atom. The number of ether oxygens (including phenoxy) is 1. The lowest BCUT2D eigenvalue weighted by Gasteiger charge is -2.13. The Morgan fingerprint density at radius 1 is 1.39 bits per heavy atom. The normalized spacial score (nSPS) is 18.0. The number of carboxylic acid groups (broad SMARTS) is 1. The number of cyclic esters (lactones) is 1. The second kappa shape index (κ2) is 10.9. The fraction of sp³-hybridized carbons (Fsp3) is 0.467. The van der Waals surface area contributed by atoms with Crippen LogP contribution in [0.1, 0.15) is 12.1 Å². The van der Waals surface area contributed by atoms with Gasteiger partial charge in [-0.05, 0) is 0 Å². The molecular formula is C15H22N4O9. The smallest absolute Gasteiger partial charge is 0.377 e. The van der Waals surface area contributed by atoms with E-state index < -0.39 is 48.3 Å². The molecule has 9 N–H and O–H groups in total. The summed E-state index contributed by atoms with van der Waals surface area (Å²) in [5.74, 6) is -4.23. The van der Waals surface area contributed by atoms with Crippen molar-refractivity contribution in [1.29, 1.82) is 0 Å². The Labute approximate surface area is 158 Å². The molecule has 0 saturated heterocycles. The fourth-order valence-corrected chi connectivity index (χ4v) is 2.04. The number of imidazole rings is 1. The topological polar surface area (TPSA) is 228 Å². The number of nitrogens with two attached hydrogens (primary N) is 1. The van der Waals surface area contributed by atoms with Crippen molar-refractivity contribution in [3.8, 4) is 0 Å². The maximum atomic E-state index is 11.2. The number of amides is 1. The van der Waals surface area contributed by atoms with Crippen LogP contribution in [0.3, 0.4) is 0 Å². The first kappa shape index (κ1) is 22.9. The molecule has 1 aliphatic heterocycles. The molecule has 3 unspecified atom stereocenters. The highest BCUT2D eigenvalue weighted by Crippen LogP contribution is 2.20. The molecule has 0 fully saturated rings. The molecule has 0 spiro atoms. The van der Waals surface area contributed by atoms with Crippen LogP contribution in [-0.4, -0.2) is 84.7 Å². The molecule has 2 rings (SSSR count). The lowest BCUT2D eigenvalue weighted by Crippen LogP contribution is -2.42. The number of carbonyl (C=O) groups excluding carboxylic acids is 2. The van der Waals surface area contributed by atoms with Gasteiger partial charge in [-0.3, -0.25) is 4.79 Å². The van der Waals surface area contributed by atoms with E-state index in [1.807, 2.05) is 0 Å². The number of aliphatic carboxylic acids is 1. The number of aliphatic hydroxyl groups excluding tert-OH is 4. The zero-order valence-corrected chi connectivity index (χ0v) is 14.6. The summed E-state index contributed by atoms with van der Waals surface area (Å²) >= 11 is 0. The number of H-pyrrole nitrogens is 1. The van der Waals surface area contributed by atoms with Gasteiger partial charge in [0.05, 0.1) is 12.9 Å². The highest BCUT2D eigenvalue weighted by molar-refractivity contribution is 5.89. The molecule has 0 saturated carbocycles. The van der Waals surface area contributed by atoms with Gasteiger partial charge in [0.25, 0.3) is 0 Å². The van der Waals surface area contributed by atoms with Crippen LogP contribution in [-0.2, 0) is 25.5 Å². The van der Waals surface area contributed by atoms with E-state index in [4.69, 9.17) is 31.3 Å². The van der Waals surface area contributed by atoms with Gasteiger partial charge in [0.2, 0.25) is 11.7 Å². The molecule has 1 aromatic rings. The van der Waals surface area contributed by atoms with Gasteiger partial charge in [-0.1, -0.05) is 0 Å². The van der Waals surface area contributed by atoms with Gasteiger partial charge in [-0.25, -0.2) is 14.6 Å². The summed E-state index contributed by atoms with van der Waals surface area (Å²) in [5.41, 5.74) is 5.85. The van der Waals surface area contributed by atoms with E-state index in [9.17, 15) is 14.4 Å². The predicted octanol–water partition coefficient (Wildman–Crippen LogP) is -2.54. The summed E-state index contributed by atoms with van der Waals surface area (Å²) < 4.78 is 4.32. The summed E-state index contributed by atoms with van der Waals surface area (Å²) in [7, 11) is 0. The Bertz CT molecular complexity index is 704. The molecule has 1 amide bonds. The first-order chi connectivity index (χ1) is 13.2. The van der Waals surface area contributed by atoms with E-state index in [1.54, 1.807) is 0 Å². The number of hydrogen-bond acceptors (Lipinski definition) is 10. The second-order valence-corrected chi connectivity index (χ2v) is 5.59. The lowest BCUT2D eigenvalue weighted by molar-refractivity contribution is -0.147. The molecular weight excluding hydrogens is 380 g/mol. The molecule has 3 atom stereocenters. The summed E-state index contributed by atoms with van der Waals surface area (Å²) in [5, 5.41) is 46.3. The van der Waals surface area contributed by atoms with Crippen LogP contribution in [0.5, 0.6) is 0 Å². The molecule has 156 valence electrons. The maximum Gasteiger partial charge on any atom is 0.377 e. The molecule has 1 aromatic heterocycles. The minimum absolute atomic E-state index is 0.118. The molecule has 28 heavy (non-hydrogen) atoms. The summed E-state index contributed by atoms with van der Waals surface area (Å²) in [6, 6.07) is -0.959. The number of rotatable bonds is 8. The van der Waals surface area contributed by atoms with Gasteiger partial charge in [-0.15, -0.1) is 0 Å². The molecule has 0 aromatic carbocycles. The second-order valence-electron chi connectivity index (χ2n) is 5.59. The molecule has 0 bridgehead atoms. The van der Waals surface area contributed by atoms with Crippen molar-refractivity contribution < 1.29 is 44.7 Å². The van der Waals surface area contributed by atoms with Gasteiger partial charge in [0, 0.05) is 31.3 Å². The van der Waals surface area contributed by atoms with E-state index >= 15 is 0 Å². The van der Waals surface area contributed by atoms with Crippen LogP contribution in [0.2, 0.25) is 0 Å². The minimum Gasteiger partial charge on any atom is -0.505 e. The van der Waals surface area contributed by atoms with E-state index in [0.29, 0.717) is 5.69 Å². The highest BCUT2D eigenvalue weighted by Gasteiger charge is 2.38. The van der Waals surface area contributed by atoms with Crippen molar-refractivity contribution in [3.05, 3.63) is 29.7 Å². The van der Waals surface area contributed by atoms with Crippen LogP contribution < -0.4 is 11.1 Å². The van der Waals surface area contributed by atoms with Gasteiger partial charge >= 0.3 is 11.9 Å². The largest absolute Gasteiger partial charge is 0.505 e. The standard InChI is InChI=1S/C9H14N4O3.C6H8O6/c10-2-1-8(14)13-7(9(15)16)3-6-4-11-5-12-6;7-1-2(8)5-3(9)4(10)6(11)12-5/h4-5,7H,1-3,10H2,(H,11,12)(H,13,14)(H,15,16);2,5,7-10H,1H2. The van der Waals surface area contributed by atoms with Crippen molar-refractivity contribution in [2.75, 3.05) is 13.2 Å². The Balaban J connectivity index is 0.000000292. The van der Waals surface area contributed by atoms with Crippen LogP contribution in [0.4, 0.5) is 0 Å². The molecule has 13 nitrogen and oxygen atoms in total. The third kappa shape index (κ3) is 6.53. The Kier molecular flexibility index (Phi) is 8.87. The monoisotopic (exact) mass is 402 g/mol. The fourth-order valence-electron chi connectivity index (χ4n) is 2.04. The van der Waals surface area contributed by atoms with Gasteiger partial charge in [0.15, 0.2) is 11.9 Å². The molecule has 2 heterocycles. The Hall–Kier alpha value is -3.16. The number of carboxylic acids is 1. The average molecular weight is 402 g/mol. The van der Waals surface area contributed by atoms with Crippen molar-refractivity contribution in [3.63, 3.8) is 0 Å². The van der Waals surface area contributed by atoms with Crippen LogP contribution in [0.15, 0.2) is 24.0 Å². The first-order valence-corrected chi connectivity index (χ1v) is 8.02. The van der Waals surface area contributed by atoms with Crippen molar-refractivity contribution in [2.24, 2.45) is 5.73 Å². The number of nitrogens with one attached hydrogen (secondary N) is 2. The van der Waals surface area contributed by atoms with Crippen molar-refractivity contribution in [1.82, 2.24) is 15.3 Å². The van der Waals surface area contributed by atoms with Crippen LogP contribution in [0, 0.1) is 0 Å². The van der Waals surface area contributed by atoms with Gasteiger partial charge in [-0.2, -0.15) is 0 Å². The third-order valence-electron chi connectivity index (χ3n) is 3.46.